The number of rotatable bonds is 6. The number of benzene rings is 1. The minimum Gasteiger partial charge on any atom is -0.339 e. The van der Waals surface area contributed by atoms with E-state index >= 15 is 0 Å². The van der Waals surface area contributed by atoms with Crippen LogP contribution in [0.2, 0.25) is 0 Å². The lowest BCUT2D eigenvalue weighted by atomic mass is 9.77. The smallest absolute Gasteiger partial charge is 0.339 e. The number of halogens is 3. The summed E-state index contributed by atoms with van der Waals surface area (Å²) in [4.78, 5) is 41.4. The zero-order valence-corrected chi connectivity index (χ0v) is 19.3. The number of hydrogen-bond acceptors (Lipinski definition) is 3. The number of alkyl halides is 3. The van der Waals surface area contributed by atoms with E-state index in [1.54, 1.807) is 6.92 Å². The third kappa shape index (κ3) is 5.68. The number of nitrogens with zero attached hydrogens (tertiary/aromatic N) is 2. The molecular formula is C24H32F3N3O3. The Morgan fingerprint density at radius 3 is 2.55 bits per heavy atom. The second-order valence-electron chi connectivity index (χ2n) is 9.23. The van der Waals surface area contributed by atoms with Crippen LogP contribution in [0.25, 0.3) is 0 Å². The van der Waals surface area contributed by atoms with E-state index in [-0.39, 0.29) is 43.1 Å². The van der Waals surface area contributed by atoms with E-state index in [4.69, 9.17) is 0 Å². The first-order valence-electron chi connectivity index (χ1n) is 11.6. The zero-order valence-electron chi connectivity index (χ0n) is 19.3. The Morgan fingerprint density at radius 2 is 1.88 bits per heavy atom. The summed E-state index contributed by atoms with van der Waals surface area (Å²) in [6.07, 6.45) is -1.38. The van der Waals surface area contributed by atoms with Gasteiger partial charge >= 0.3 is 6.18 Å². The number of carbonyl (C=O) groups is 3. The van der Waals surface area contributed by atoms with Gasteiger partial charge in [-0.3, -0.25) is 14.4 Å². The summed E-state index contributed by atoms with van der Waals surface area (Å²) in [7, 11) is 0. The van der Waals surface area contributed by atoms with Crippen molar-refractivity contribution in [2.24, 2.45) is 17.8 Å². The predicted octanol–water partition coefficient (Wildman–Crippen LogP) is 4.17. The molecule has 33 heavy (non-hydrogen) atoms. The summed E-state index contributed by atoms with van der Waals surface area (Å²) in [5.74, 6) is -0.738. The molecule has 0 unspecified atom stereocenters. The van der Waals surface area contributed by atoms with Crippen molar-refractivity contribution >= 4 is 23.4 Å². The van der Waals surface area contributed by atoms with Crippen molar-refractivity contribution in [1.29, 1.82) is 0 Å². The lowest BCUT2D eigenvalue weighted by Crippen LogP contribution is -2.46. The fourth-order valence-corrected chi connectivity index (χ4v) is 5.02. The van der Waals surface area contributed by atoms with Crippen LogP contribution in [-0.2, 0) is 20.6 Å². The fourth-order valence-electron chi connectivity index (χ4n) is 5.02. The van der Waals surface area contributed by atoms with E-state index in [0.29, 0.717) is 18.4 Å². The number of nitrogens with one attached hydrogen (secondary N) is 1. The molecule has 3 amide bonds. The molecule has 3 rings (SSSR count). The molecule has 2 aliphatic rings. The highest BCUT2D eigenvalue weighted by molar-refractivity contribution is 5.96. The molecule has 6 nitrogen and oxygen atoms in total. The van der Waals surface area contributed by atoms with Crippen molar-refractivity contribution in [2.45, 2.75) is 58.7 Å². The van der Waals surface area contributed by atoms with Crippen molar-refractivity contribution in [3.63, 3.8) is 0 Å². The molecule has 1 aromatic carbocycles. The Bertz CT molecular complexity index is 889. The van der Waals surface area contributed by atoms with Crippen molar-refractivity contribution in [1.82, 2.24) is 9.80 Å². The molecule has 2 fully saturated rings. The van der Waals surface area contributed by atoms with Crippen molar-refractivity contribution in [2.75, 3.05) is 25.0 Å². The monoisotopic (exact) mass is 467 g/mol. The van der Waals surface area contributed by atoms with Crippen LogP contribution in [0.4, 0.5) is 18.9 Å². The number of hydrogen-bond donors (Lipinski definition) is 1. The number of likely N-dealkylation sites (N-methyl/N-ethyl adjacent to an activating group) is 1. The largest absolute Gasteiger partial charge is 0.418 e. The van der Waals surface area contributed by atoms with Crippen LogP contribution in [0, 0.1) is 17.8 Å². The summed E-state index contributed by atoms with van der Waals surface area (Å²) < 4.78 is 39.6. The molecule has 182 valence electrons. The summed E-state index contributed by atoms with van der Waals surface area (Å²) in [6.45, 7) is 6.22. The van der Waals surface area contributed by atoms with Crippen molar-refractivity contribution in [3.8, 4) is 0 Å². The average molecular weight is 468 g/mol. The first kappa shape index (κ1) is 25.1. The Labute approximate surface area is 192 Å². The second-order valence-corrected chi connectivity index (χ2v) is 9.23. The van der Waals surface area contributed by atoms with Gasteiger partial charge in [-0.2, -0.15) is 13.2 Å². The molecule has 0 aromatic heterocycles. The van der Waals surface area contributed by atoms with Gasteiger partial charge in [0.25, 0.3) is 0 Å². The molecule has 1 aliphatic carbocycles. The molecule has 0 bridgehead atoms. The quantitative estimate of drug-likeness (QED) is 0.683. The maximum atomic E-state index is 13.2. The Morgan fingerprint density at radius 1 is 1.18 bits per heavy atom. The molecule has 1 aliphatic heterocycles. The van der Waals surface area contributed by atoms with E-state index in [1.165, 1.54) is 23.1 Å². The number of likely N-dealkylation sites (tertiary alicyclic amines) is 1. The highest BCUT2D eigenvalue weighted by atomic mass is 19.4. The molecule has 4 atom stereocenters. The highest BCUT2D eigenvalue weighted by Crippen LogP contribution is 2.36. The highest BCUT2D eigenvalue weighted by Gasteiger charge is 2.42. The minimum atomic E-state index is -4.61. The Balaban J connectivity index is 1.64. The zero-order chi connectivity index (χ0) is 24.3. The fraction of sp³-hybridized carbons (Fsp3) is 0.625. The van der Waals surface area contributed by atoms with Crippen LogP contribution in [0.3, 0.4) is 0 Å². The van der Waals surface area contributed by atoms with Gasteiger partial charge in [0.05, 0.1) is 23.7 Å². The summed E-state index contributed by atoms with van der Waals surface area (Å²) >= 11 is 0. The summed E-state index contributed by atoms with van der Waals surface area (Å²) in [5.41, 5.74) is -1.29. The van der Waals surface area contributed by atoms with Crippen LogP contribution in [-0.4, -0.2) is 53.2 Å². The van der Waals surface area contributed by atoms with E-state index in [0.717, 1.165) is 25.3 Å². The Hall–Kier alpha value is -2.58. The molecule has 1 heterocycles. The molecule has 1 aromatic rings. The molecular weight excluding hydrogens is 435 g/mol. The van der Waals surface area contributed by atoms with Gasteiger partial charge in [-0.15, -0.1) is 0 Å². The topological polar surface area (TPSA) is 69.7 Å². The normalized spacial score (nSPS) is 25.8. The molecule has 1 N–H and O–H groups in total. The van der Waals surface area contributed by atoms with E-state index < -0.39 is 23.6 Å². The standard InChI is InChI=1S/C24H32F3N3O3/c1-4-29(14-21(31)28-19-10-6-5-9-18(19)24(25,26)27)23(33)17-12-22(32)30(13-17)20-11-7-8-15(2)16(20)3/h5-6,9-10,15-17,20H,4,7-8,11-14H2,1-3H3,(H,28,31)/t15-,16+,17+,20+/m0/s1. The summed E-state index contributed by atoms with van der Waals surface area (Å²) in [5, 5.41) is 2.28. The third-order valence-corrected chi connectivity index (χ3v) is 7.11. The lowest BCUT2D eigenvalue weighted by Gasteiger charge is -2.40. The first-order chi connectivity index (χ1) is 15.5. The van der Waals surface area contributed by atoms with E-state index in [2.05, 4.69) is 19.2 Å². The second kappa shape index (κ2) is 10.1. The van der Waals surface area contributed by atoms with Crippen LogP contribution in [0.5, 0.6) is 0 Å². The van der Waals surface area contributed by atoms with Crippen molar-refractivity contribution in [3.05, 3.63) is 29.8 Å². The molecule has 9 heteroatoms. The maximum absolute atomic E-state index is 13.2. The van der Waals surface area contributed by atoms with Gasteiger partial charge in [0.15, 0.2) is 0 Å². The number of carbonyl (C=O) groups excluding carboxylic acids is 3. The molecule has 1 saturated heterocycles. The van der Waals surface area contributed by atoms with E-state index in [1.807, 2.05) is 4.90 Å². The maximum Gasteiger partial charge on any atom is 0.418 e. The average Bonchev–Trinajstić information content (AvgIpc) is 3.14. The van der Waals surface area contributed by atoms with Gasteiger partial charge < -0.3 is 15.1 Å². The Kier molecular flexibility index (Phi) is 7.69. The predicted molar refractivity (Wildman–Crippen MR) is 118 cm³/mol. The van der Waals surface area contributed by atoms with Gasteiger partial charge in [0.1, 0.15) is 0 Å². The minimum absolute atomic E-state index is 0.0427. The van der Waals surface area contributed by atoms with E-state index in [9.17, 15) is 27.6 Å². The van der Waals surface area contributed by atoms with Crippen LogP contribution in [0.15, 0.2) is 24.3 Å². The number of amides is 3. The first-order valence-corrected chi connectivity index (χ1v) is 11.6. The third-order valence-electron chi connectivity index (χ3n) is 7.11. The van der Waals surface area contributed by atoms with Gasteiger partial charge in [-0.1, -0.05) is 38.8 Å². The number of anilines is 1. The SMILES string of the molecule is CCN(CC(=O)Nc1ccccc1C(F)(F)F)C(=O)[C@@H]1CC(=O)N([C@@H]2CCC[C@H](C)[C@H]2C)C1. The van der Waals surface area contributed by atoms with Gasteiger partial charge in [0.2, 0.25) is 17.7 Å². The van der Waals surface area contributed by atoms with Crippen LogP contribution >= 0.6 is 0 Å². The molecule has 0 radical (unpaired) electrons. The molecule has 1 saturated carbocycles. The lowest BCUT2D eigenvalue weighted by molar-refractivity contribution is -0.138. The van der Waals surface area contributed by atoms with Gasteiger partial charge in [-0.25, -0.2) is 0 Å². The summed E-state index contributed by atoms with van der Waals surface area (Å²) in [6, 6.07) is 4.84. The van der Waals surface area contributed by atoms with Gasteiger partial charge in [-0.05, 0) is 37.3 Å². The van der Waals surface area contributed by atoms with Gasteiger partial charge in [0, 0.05) is 25.6 Å². The van der Waals surface area contributed by atoms with Crippen LogP contribution < -0.4 is 5.32 Å². The molecule has 0 spiro atoms. The van der Waals surface area contributed by atoms with Crippen LogP contribution in [0.1, 0.15) is 52.0 Å². The number of para-hydroxylation sites is 1. The van der Waals surface area contributed by atoms with Crippen molar-refractivity contribution < 1.29 is 27.6 Å².